The Kier molecular flexibility index (Phi) is 4.15. The lowest BCUT2D eigenvalue weighted by molar-refractivity contribution is -0.141. The molecule has 0 bridgehead atoms. The normalized spacial score (nSPS) is 19.7. The molecular weight excluding hydrogens is 238 g/mol. The van der Waals surface area contributed by atoms with Gasteiger partial charge in [0.2, 0.25) is 5.91 Å². The van der Waals surface area contributed by atoms with Gasteiger partial charge in [-0.3, -0.25) is 4.79 Å². The highest BCUT2D eigenvalue weighted by Crippen LogP contribution is 2.18. The minimum Gasteiger partial charge on any atom is -0.480 e. The van der Waals surface area contributed by atoms with Gasteiger partial charge in [-0.15, -0.1) is 0 Å². The van der Waals surface area contributed by atoms with Gasteiger partial charge in [-0.25, -0.2) is 9.59 Å². The van der Waals surface area contributed by atoms with E-state index in [1.807, 2.05) is 0 Å². The van der Waals surface area contributed by atoms with Gasteiger partial charge in [0.25, 0.3) is 0 Å². The molecule has 1 saturated heterocycles. The number of primary amides is 1. The molecule has 0 aromatic heterocycles. The third-order valence-electron chi connectivity index (χ3n) is 3.15. The van der Waals surface area contributed by atoms with Crippen LogP contribution in [0.3, 0.4) is 0 Å². The summed E-state index contributed by atoms with van der Waals surface area (Å²) >= 11 is 0. The summed E-state index contributed by atoms with van der Waals surface area (Å²) in [7, 11) is 0. The second-order valence-electron chi connectivity index (χ2n) is 5.10. The van der Waals surface area contributed by atoms with E-state index in [0.29, 0.717) is 19.4 Å². The molecule has 7 heteroatoms. The van der Waals surface area contributed by atoms with E-state index in [1.54, 1.807) is 13.8 Å². The Morgan fingerprint density at radius 3 is 2.56 bits per heavy atom. The lowest BCUT2D eigenvalue weighted by Crippen LogP contribution is -2.50. The van der Waals surface area contributed by atoms with Crippen LogP contribution >= 0.6 is 0 Å². The minimum atomic E-state index is -1.00. The topological polar surface area (TPSA) is 113 Å². The molecule has 1 heterocycles. The highest BCUT2D eigenvalue weighted by molar-refractivity contribution is 5.84. The third-order valence-corrected chi connectivity index (χ3v) is 3.15. The van der Waals surface area contributed by atoms with E-state index < -0.39 is 29.4 Å². The molecule has 7 nitrogen and oxygen atoms in total. The van der Waals surface area contributed by atoms with Crippen molar-refractivity contribution in [3.05, 3.63) is 0 Å². The van der Waals surface area contributed by atoms with Crippen molar-refractivity contribution in [2.24, 2.45) is 11.1 Å². The number of nitrogens with one attached hydrogen (secondary N) is 1. The molecule has 0 unspecified atom stereocenters. The van der Waals surface area contributed by atoms with Gasteiger partial charge in [0.15, 0.2) is 0 Å². The second kappa shape index (κ2) is 5.24. The van der Waals surface area contributed by atoms with Crippen LogP contribution in [-0.4, -0.2) is 47.0 Å². The van der Waals surface area contributed by atoms with Crippen molar-refractivity contribution in [1.29, 1.82) is 0 Å². The van der Waals surface area contributed by atoms with Crippen molar-refractivity contribution in [1.82, 2.24) is 10.2 Å². The first kappa shape index (κ1) is 14.3. The number of carboxylic acids is 1. The van der Waals surface area contributed by atoms with E-state index in [-0.39, 0.29) is 6.54 Å². The summed E-state index contributed by atoms with van der Waals surface area (Å²) in [5, 5.41) is 11.5. The molecule has 3 amide bonds. The van der Waals surface area contributed by atoms with Gasteiger partial charge in [0.1, 0.15) is 6.04 Å². The van der Waals surface area contributed by atoms with Crippen LogP contribution in [0.4, 0.5) is 4.79 Å². The smallest absolute Gasteiger partial charge is 0.326 e. The second-order valence-corrected chi connectivity index (χ2v) is 5.10. The van der Waals surface area contributed by atoms with E-state index >= 15 is 0 Å². The molecule has 0 saturated carbocycles. The number of nitrogens with zero attached hydrogens (tertiary/aromatic N) is 1. The summed E-state index contributed by atoms with van der Waals surface area (Å²) in [6.45, 7) is 3.74. The molecule has 18 heavy (non-hydrogen) atoms. The Hall–Kier alpha value is -1.79. The standard InChI is InChI=1S/C11H19N3O4/c1-11(2,9(12)17)6-13-10(18)14-5-3-4-7(14)8(15)16/h7H,3-6H2,1-2H3,(H2,12,17)(H,13,18)(H,15,16)/t7-/m1/s1. The van der Waals surface area contributed by atoms with Crippen molar-refractivity contribution in [3.63, 3.8) is 0 Å². The zero-order chi connectivity index (χ0) is 13.9. The molecule has 0 aromatic rings. The lowest BCUT2D eigenvalue weighted by atomic mass is 9.93. The summed E-state index contributed by atoms with van der Waals surface area (Å²) in [6, 6.07) is -1.24. The molecule has 1 rings (SSSR count). The van der Waals surface area contributed by atoms with Crippen molar-refractivity contribution < 1.29 is 19.5 Å². The molecular formula is C11H19N3O4. The Morgan fingerprint density at radius 1 is 1.44 bits per heavy atom. The average molecular weight is 257 g/mol. The maximum absolute atomic E-state index is 11.8. The van der Waals surface area contributed by atoms with E-state index in [0.717, 1.165) is 0 Å². The predicted molar refractivity (Wildman–Crippen MR) is 63.7 cm³/mol. The van der Waals surface area contributed by atoms with E-state index in [2.05, 4.69) is 5.32 Å². The molecule has 0 aromatic carbocycles. The lowest BCUT2D eigenvalue weighted by Gasteiger charge is -2.25. The van der Waals surface area contributed by atoms with Crippen LogP contribution < -0.4 is 11.1 Å². The fourth-order valence-corrected chi connectivity index (χ4v) is 1.75. The highest BCUT2D eigenvalue weighted by atomic mass is 16.4. The molecule has 1 aliphatic rings. The Balaban J connectivity index is 2.56. The molecule has 0 spiro atoms. The number of urea groups is 1. The molecule has 4 N–H and O–H groups in total. The SMILES string of the molecule is CC(C)(CNC(=O)N1CCC[C@@H]1C(=O)O)C(N)=O. The van der Waals surface area contributed by atoms with Gasteiger partial charge in [0, 0.05) is 13.1 Å². The number of hydrogen-bond acceptors (Lipinski definition) is 3. The number of carbonyl (C=O) groups excluding carboxylic acids is 2. The Morgan fingerprint density at radius 2 is 2.06 bits per heavy atom. The van der Waals surface area contributed by atoms with Gasteiger partial charge < -0.3 is 21.1 Å². The summed E-state index contributed by atoms with van der Waals surface area (Å²) in [5.41, 5.74) is 4.33. The van der Waals surface area contributed by atoms with Crippen LogP contribution in [0.5, 0.6) is 0 Å². The van der Waals surface area contributed by atoms with Crippen molar-refractivity contribution in [2.45, 2.75) is 32.7 Å². The van der Waals surface area contributed by atoms with Crippen molar-refractivity contribution in [3.8, 4) is 0 Å². The predicted octanol–water partition coefficient (Wildman–Crippen LogP) is -0.243. The zero-order valence-electron chi connectivity index (χ0n) is 10.6. The largest absolute Gasteiger partial charge is 0.480 e. The number of nitrogens with two attached hydrogens (primary N) is 1. The first-order valence-corrected chi connectivity index (χ1v) is 5.83. The van der Waals surface area contributed by atoms with Crippen LogP contribution in [0.15, 0.2) is 0 Å². The number of amides is 3. The number of carboxylic acid groups (broad SMARTS) is 1. The van der Waals surface area contributed by atoms with Crippen molar-refractivity contribution in [2.75, 3.05) is 13.1 Å². The summed E-state index contributed by atoms with van der Waals surface area (Å²) in [4.78, 5) is 35.1. The van der Waals surface area contributed by atoms with Crippen LogP contribution in [0.2, 0.25) is 0 Å². The number of aliphatic carboxylic acids is 1. The van der Waals surface area contributed by atoms with Gasteiger partial charge in [-0.05, 0) is 26.7 Å². The minimum absolute atomic E-state index is 0.0873. The van der Waals surface area contributed by atoms with Crippen LogP contribution in [0, 0.1) is 5.41 Å². The summed E-state index contributed by atoms with van der Waals surface area (Å²) < 4.78 is 0. The van der Waals surface area contributed by atoms with Crippen LogP contribution in [-0.2, 0) is 9.59 Å². The van der Waals surface area contributed by atoms with E-state index in [9.17, 15) is 14.4 Å². The van der Waals surface area contributed by atoms with Crippen molar-refractivity contribution >= 4 is 17.9 Å². The number of rotatable bonds is 4. The first-order chi connectivity index (χ1) is 8.25. The Labute approximate surface area is 105 Å². The highest BCUT2D eigenvalue weighted by Gasteiger charge is 2.35. The zero-order valence-corrected chi connectivity index (χ0v) is 10.6. The van der Waals surface area contributed by atoms with Gasteiger partial charge in [0.05, 0.1) is 5.41 Å². The van der Waals surface area contributed by atoms with Gasteiger partial charge in [-0.1, -0.05) is 0 Å². The molecule has 1 fully saturated rings. The maximum Gasteiger partial charge on any atom is 0.326 e. The number of hydrogen-bond donors (Lipinski definition) is 3. The number of likely N-dealkylation sites (tertiary alicyclic amines) is 1. The van der Waals surface area contributed by atoms with Gasteiger partial charge >= 0.3 is 12.0 Å². The molecule has 1 aliphatic heterocycles. The molecule has 0 radical (unpaired) electrons. The van der Waals surface area contributed by atoms with Crippen LogP contribution in [0.25, 0.3) is 0 Å². The quantitative estimate of drug-likeness (QED) is 0.644. The summed E-state index contributed by atoms with van der Waals surface area (Å²) in [6.07, 6.45) is 1.13. The van der Waals surface area contributed by atoms with Crippen LogP contribution in [0.1, 0.15) is 26.7 Å². The molecule has 1 atom stereocenters. The third kappa shape index (κ3) is 3.12. The monoisotopic (exact) mass is 257 g/mol. The van der Waals surface area contributed by atoms with E-state index in [4.69, 9.17) is 10.8 Å². The number of carbonyl (C=O) groups is 3. The van der Waals surface area contributed by atoms with E-state index in [1.165, 1.54) is 4.90 Å². The summed E-state index contributed by atoms with van der Waals surface area (Å²) in [5.74, 6) is -1.52. The van der Waals surface area contributed by atoms with Gasteiger partial charge in [-0.2, -0.15) is 0 Å². The Bertz CT molecular complexity index is 367. The fourth-order valence-electron chi connectivity index (χ4n) is 1.75. The first-order valence-electron chi connectivity index (χ1n) is 5.83. The molecule has 102 valence electrons. The maximum atomic E-state index is 11.8. The average Bonchev–Trinajstić information content (AvgIpc) is 2.74. The molecule has 0 aliphatic carbocycles. The fraction of sp³-hybridized carbons (Fsp3) is 0.727.